The van der Waals surface area contributed by atoms with Gasteiger partial charge in [-0.15, -0.1) is 0 Å². The number of hydrogen-bond donors (Lipinski definition) is 1. The van der Waals surface area contributed by atoms with Crippen LogP contribution in [0, 0.1) is 5.82 Å². The quantitative estimate of drug-likeness (QED) is 0.703. The Morgan fingerprint density at radius 1 is 1.42 bits per heavy atom. The largest absolute Gasteiger partial charge is 0.489 e. The average molecular weight is 334 g/mol. The van der Waals surface area contributed by atoms with E-state index in [9.17, 15) is 4.39 Å². The monoisotopic (exact) mass is 333 g/mol. The molecule has 0 bridgehead atoms. The van der Waals surface area contributed by atoms with Gasteiger partial charge >= 0.3 is 0 Å². The molecule has 5 heteroatoms. The van der Waals surface area contributed by atoms with Crippen LogP contribution >= 0.6 is 15.9 Å². The molecule has 108 valence electrons. The molecule has 19 heavy (non-hydrogen) atoms. The Hall–Kier alpha value is -0.650. The molecule has 1 aromatic rings. The summed E-state index contributed by atoms with van der Waals surface area (Å²) >= 11 is 3.14. The van der Waals surface area contributed by atoms with Gasteiger partial charge in [0.25, 0.3) is 0 Å². The van der Waals surface area contributed by atoms with E-state index in [1.807, 2.05) is 13.8 Å². The van der Waals surface area contributed by atoms with Crippen LogP contribution in [0.2, 0.25) is 0 Å². The second kappa shape index (κ2) is 9.28. The Morgan fingerprint density at radius 3 is 2.89 bits per heavy atom. The Balaban J connectivity index is 2.19. The molecule has 0 radical (unpaired) electrons. The molecule has 1 aromatic carbocycles. The lowest BCUT2D eigenvalue weighted by molar-refractivity contribution is 0.143. The summed E-state index contributed by atoms with van der Waals surface area (Å²) in [6.07, 6.45) is 1.02. The van der Waals surface area contributed by atoms with Gasteiger partial charge in [-0.25, -0.2) is 4.39 Å². The van der Waals surface area contributed by atoms with Gasteiger partial charge < -0.3 is 14.8 Å². The summed E-state index contributed by atoms with van der Waals surface area (Å²) < 4.78 is 24.4. The highest BCUT2D eigenvalue weighted by molar-refractivity contribution is 9.10. The van der Waals surface area contributed by atoms with Crippen molar-refractivity contribution in [2.75, 3.05) is 26.3 Å². The van der Waals surface area contributed by atoms with E-state index < -0.39 is 0 Å². The summed E-state index contributed by atoms with van der Waals surface area (Å²) in [7, 11) is 0. The van der Waals surface area contributed by atoms with E-state index in [1.54, 1.807) is 12.1 Å². The van der Waals surface area contributed by atoms with Crippen LogP contribution in [0.4, 0.5) is 4.39 Å². The second-order valence-corrected chi connectivity index (χ2v) is 5.11. The first-order chi connectivity index (χ1) is 9.13. The van der Waals surface area contributed by atoms with Gasteiger partial charge in [0.15, 0.2) is 0 Å². The van der Waals surface area contributed by atoms with Crippen LogP contribution in [0.25, 0.3) is 0 Å². The summed E-state index contributed by atoms with van der Waals surface area (Å²) in [6.45, 7) is 7.17. The van der Waals surface area contributed by atoms with Gasteiger partial charge in [-0.3, -0.25) is 0 Å². The third kappa shape index (κ3) is 6.89. The average Bonchev–Trinajstić information content (AvgIpc) is 2.38. The van der Waals surface area contributed by atoms with Crippen molar-refractivity contribution in [2.24, 2.45) is 0 Å². The Morgan fingerprint density at radius 2 is 2.21 bits per heavy atom. The number of rotatable bonds is 9. The van der Waals surface area contributed by atoms with Crippen molar-refractivity contribution in [1.82, 2.24) is 5.32 Å². The molecule has 0 spiro atoms. The fourth-order valence-corrected chi connectivity index (χ4v) is 1.93. The lowest BCUT2D eigenvalue weighted by Crippen LogP contribution is -2.30. The standard InChI is InChI=1S/C14H21BrFNO2/c1-3-18-8-4-7-17-10-11(2)19-12-5-6-14(16)13(15)9-12/h5-6,9,11,17H,3-4,7-8,10H2,1-2H3. The Kier molecular flexibility index (Phi) is 8.02. The summed E-state index contributed by atoms with van der Waals surface area (Å²) in [5.41, 5.74) is 0. The number of halogens is 2. The zero-order valence-electron chi connectivity index (χ0n) is 11.4. The highest BCUT2D eigenvalue weighted by Crippen LogP contribution is 2.22. The van der Waals surface area contributed by atoms with E-state index in [4.69, 9.17) is 9.47 Å². The molecular weight excluding hydrogens is 313 g/mol. The zero-order chi connectivity index (χ0) is 14.1. The summed E-state index contributed by atoms with van der Waals surface area (Å²) in [6, 6.07) is 4.66. The first-order valence-electron chi connectivity index (χ1n) is 6.53. The number of benzene rings is 1. The van der Waals surface area contributed by atoms with Crippen molar-refractivity contribution >= 4 is 15.9 Å². The molecule has 1 atom stereocenters. The summed E-state index contributed by atoms with van der Waals surface area (Å²) in [5.74, 6) is 0.381. The number of hydrogen-bond acceptors (Lipinski definition) is 3. The smallest absolute Gasteiger partial charge is 0.137 e. The molecule has 0 saturated heterocycles. The van der Waals surface area contributed by atoms with Gasteiger partial charge in [-0.05, 0) is 60.9 Å². The lowest BCUT2D eigenvalue weighted by Gasteiger charge is -2.15. The minimum atomic E-state index is -0.283. The summed E-state index contributed by atoms with van der Waals surface area (Å²) in [4.78, 5) is 0. The van der Waals surface area contributed by atoms with E-state index in [0.717, 1.165) is 32.7 Å². The van der Waals surface area contributed by atoms with Gasteiger partial charge in [-0.2, -0.15) is 0 Å². The van der Waals surface area contributed by atoms with Crippen LogP contribution in [0.1, 0.15) is 20.3 Å². The molecule has 0 aliphatic heterocycles. The van der Waals surface area contributed by atoms with Gasteiger partial charge in [0.1, 0.15) is 17.7 Å². The van der Waals surface area contributed by atoms with Crippen LogP contribution in [-0.4, -0.2) is 32.4 Å². The van der Waals surface area contributed by atoms with Crippen molar-refractivity contribution in [3.05, 3.63) is 28.5 Å². The molecule has 3 nitrogen and oxygen atoms in total. The maximum Gasteiger partial charge on any atom is 0.137 e. The van der Waals surface area contributed by atoms with Crippen LogP contribution in [0.15, 0.2) is 22.7 Å². The van der Waals surface area contributed by atoms with Crippen molar-refractivity contribution in [1.29, 1.82) is 0 Å². The Bertz CT molecular complexity index is 376. The molecule has 0 saturated carbocycles. The molecule has 0 fully saturated rings. The first-order valence-corrected chi connectivity index (χ1v) is 7.33. The van der Waals surface area contributed by atoms with Gasteiger partial charge in [0.2, 0.25) is 0 Å². The number of nitrogens with one attached hydrogen (secondary N) is 1. The third-order valence-corrected chi connectivity index (χ3v) is 3.11. The third-order valence-electron chi connectivity index (χ3n) is 2.51. The predicted molar refractivity (Wildman–Crippen MR) is 78.2 cm³/mol. The van der Waals surface area contributed by atoms with E-state index in [2.05, 4.69) is 21.2 Å². The molecule has 0 aliphatic carbocycles. The fraction of sp³-hybridized carbons (Fsp3) is 0.571. The Labute approximate surface area is 122 Å². The molecule has 0 aliphatic rings. The zero-order valence-corrected chi connectivity index (χ0v) is 13.0. The predicted octanol–water partition coefficient (Wildman–Crippen LogP) is 3.37. The fourth-order valence-electron chi connectivity index (χ4n) is 1.57. The normalized spacial score (nSPS) is 12.4. The van der Waals surface area contributed by atoms with Crippen molar-refractivity contribution in [2.45, 2.75) is 26.4 Å². The highest BCUT2D eigenvalue weighted by Gasteiger charge is 2.06. The minimum absolute atomic E-state index is 0.0319. The van der Waals surface area contributed by atoms with Gasteiger partial charge in [-0.1, -0.05) is 0 Å². The highest BCUT2D eigenvalue weighted by atomic mass is 79.9. The van der Waals surface area contributed by atoms with E-state index in [0.29, 0.717) is 10.2 Å². The number of ether oxygens (including phenoxy) is 2. The molecule has 1 unspecified atom stereocenters. The van der Waals surface area contributed by atoms with Gasteiger partial charge in [0.05, 0.1) is 4.47 Å². The van der Waals surface area contributed by atoms with Crippen LogP contribution in [0.5, 0.6) is 5.75 Å². The molecular formula is C14H21BrFNO2. The topological polar surface area (TPSA) is 30.5 Å². The molecule has 0 aromatic heterocycles. The minimum Gasteiger partial charge on any atom is -0.489 e. The van der Waals surface area contributed by atoms with Crippen molar-refractivity contribution in [3.63, 3.8) is 0 Å². The van der Waals surface area contributed by atoms with Crippen LogP contribution in [0.3, 0.4) is 0 Å². The van der Waals surface area contributed by atoms with E-state index in [1.165, 1.54) is 6.07 Å². The molecule has 0 amide bonds. The maximum absolute atomic E-state index is 13.1. The van der Waals surface area contributed by atoms with E-state index >= 15 is 0 Å². The lowest BCUT2D eigenvalue weighted by atomic mass is 10.3. The summed E-state index contributed by atoms with van der Waals surface area (Å²) in [5, 5.41) is 3.30. The van der Waals surface area contributed by atoms with Gasteiger partial charge in [0, 0.05) is 19.8 Å². The molecule has 0 heterocycles. The van der Waals surface area contributed by atoms with Crippen LogP contribution < -0.4 is 10.1 Å². The first kappa shape index (κ1) is 16.4. The molecule has 1 rings (SSSR count). The maximum atomic E-state index is 13.1. The van der Waals surface area contributed by atoms with Crippen LogP contribution in [-0.2, 0) is 4.74 Å². The van der Waals surface area contributed by atoms with Crippen molar-refractivity contribution in [3.8, 4) is 5.75 Å². The van der Waals surface area contributed by atoms with E-state index in [-0.39, 0.29) is 11.9 Å². The van der Waals surface area contributed by atoms with Crippen molar-refractivity contribution < 1.29 is 13.9 Å². The second-order valence-electron chi connectivity index (χ2n) is 4.26. The SMILES string of the molecule is CCOCCCNCC(C)Oc1ccc(F)c(Br)c1. The molecule has 1 N–H and O–H groups in total.